The third-order valence-corrected chi connectivity index (χ3v) is 5.64. The van der Waals surface area contributed by atoms with Crippen molar-refractivity contribution in [3.05, 3.63) is 108 Å². The standard InChI is InChI=1S/C25H21ClF3N3O/c1-18-7-11-21(12-8-18)32(22-13-9-19(26)10-14-22)17-24(33,25(27,28)29)23-30-15-16-31(23)20-5-3-2-4-6-20/h2-16,33H,17H2,1H3/t24-/m0/s1. The number of alkyl halides is 3. The highest BCUT2D eigenvalue weighted by atomic mass is 35.5. The van der Waals surface area contributed by atoms with E-state index in [1.54, 1.807) is 78.9 Å². The summed E-state index contributed by atoms with van der Waals surface area (Å²) in [5.74, 6) is -0.521. The van der Waals surface area contributed by atoms with Gasteiger partial charge in [-0.3, -0.25) is 0 Å². The van der Waals surface area contributed by atoms with Gasteiger partial charge >= 0.3 is 6.18 Å². The Balaban J connectivity index is 1.85. The Morgan fingerprint density at radius 2 is 1.48 bits per heavy atom. The highest BCUT2D eigenvalue weighted by Crippen LogP contribution is 2.42. The normalized spacial score (nSPS) is 13.5. The number of para-hydroxylation sites is 1. The molecule has 0 saturated carbocycles. The first-order chi connectivity index (χ1) is 15.7. The smallest absolute Gasteiger partial charge is 0.373 e. The minimum absolute atomic E-state index is 0.448. The van der Waals surface area contributed by atoms with Crippen molar-refractivity contribution in [3.8, 4) is 5.69 Å². The highest BCUT2D eigenvalue weighted by molar-refractivity contribution is 6.30. The lowest BCUT2D eigenvalue weighted by molar-refractivity contribution is -0.265. The van der Waals surface area contributed by atoms with Crippen molar-refractivity contribution in [1.29, 1.82) is 0 Å². The van der Waals surface area contributed by atoms with E-state index in [2.05, 4.69) is 4.98 Å². The predicted molar refractivity (Wildman–Crippen MR) is 123 cm³/mol. The molecule has 1 aromatic heterocycles. The topological polar surface area (TPSA) is 41.3 Å². The maximum atomic E-state index is 14.5. The first kappa shape index (κ1) is 22.9. The van der Waals surface area contributed by atoms with Crippen molar-refractivity contribution >= 4 is 23.0 Å². The van der Waals surface area contributed by atoms with Crippen molar-refractivity contribution in [2.75, 3.05) is 11.4 Å². The van der Waals surface area contributed by atoms with Crippen LogP contribution in [0.3, 0.4) is 0 Å². The van der Waals surface area contributed by atoms with Gasteiger partial charge in [0.25, 0.3) is 0 Å². The summed E-state index contributed by atoms with van der Waals surface area (Å²) in [5, 5.41) is 11.7. The molecule has 33 heavy (non-hydrogen) atoms. The van der Waals surface area contributed by atoms with Gasteiger partial charge in [0.2, 0.25) is 5.60 Å². The molecule has 1 N–H and O–H groups in total. The molecule has 0 bridgehead atoms. The molecular formula is C25H21ClF3N3O. The van der Waals surface area contributed by atoms with E-state index in [9.17, 15) is 18.3 Å². The second kappa shape index (κ2) is 8.92. The van der Waals surface area contributed by atoms with Crippen LogP contribution >= 0.6 is 11.6 Å². The van der Waals surface area contributed by atoms with Gasteiger partial charge in [-0.05, 0) is 55.5 Å². The fraction of sp³-hybridized carbons (Fsp3) is 0.160. The number of aliphatic hydroxyl groups is 1. The number of imidazole rings is 1. The molecule has 0 saturated heterocycles. The quantitative estimate of drug-likeness (QED) is 0.352. The van der Waals surface area contributed by atoms with Gasteiger partial charge < -0.3 is 14.6 Å². The maximum absolute atomic E-state index is 14.5. The third-order valence-electron chi connectivity index (χ3n) is 5.38. The number of nitrogens with zero attached hydrogens (tertiary/aromatic N) is 3. The van der Waals surface area contributed by atoms with Gasteiger partial charge in [0.15, 0.2) is 5.82 Å². The van der Waals surface area contributed by atoms with Crippen LogP contribution < -0.4 is 4.90 Å². The maximum Gasteiger partial charge on any atom is 0.426 e. The van der Waals surface area contributed by atoms with Gasteiger partial charge in [-0.25, -0.2) is 4.98 Å². The molecule has 0 fully saturated rings. The monoisotopic (exact) mass is 471 g/mol. The fourth-order valence-corrected chi connectivity index (χ4v) is 3.73. The Morgan fingerprint density at radius 3 is 2.06 bits per heavy atom. The van der Waals surface area contributed by atoms with Gasteiger partial charge in [-0.1, -0.05) is 47.5 Å². The molecular weight excluding hydrogens is 451 g/mol. The van der Waals surface area contributed by atoms with E-state index >= 15 is 0 Å². The lowest BCUT2D eigenvalue weighted by atomic mass is 9.99. The highest BCUT2D eigenvalue weighted by Gasteiger charge is 2.59. The number of rotatable bonds is 6. The number of aryl methyl sites for hydroxylation is 1. The average molecular weight is 472 g/mol. The largest absolute Gasteiger partial charge is 0.426 e. The van der Waals surface area contributed by atoms with Crippen LogP contribution in [0.1, 0.15) is 11.4 Å². The minimum Gasteiger partial charge on any atom is -0.373 e. The molecule has 0 aliphatic heterocycles. The van der Waals surface area contributed by atoms with Crippen LogP contribution in [0, 0.1) is 6.92 Å². The first-order valence-electron chi connectivity index (χ1n) is 10.2. The molecule has 0 unspecified atom stereocenters. The van der Waals surface area contributed by atoms with E-state index < -0.39 is 24.1 Å². The van der Waals surface area contributed by atoms with Gasteiger partial charge in [0.05, 0.1) is 6.54 Å². The molecule has 170 valence electrons. The van der Waals surface area contributed by atoms with Crippen LogP contribution in [0.4, 0.5) is 24.5 Å². The van der Waals surface area contributed by atoms with Crippen molar-refractivity contribution in [1.82, 2.24) is 9.55 Å². The number of hydrogen-bond donors (Lipinski definition) is 1. The molecule has 3 aromatic carbocycles. The molecule has 4 aromatic rings. The SMILES string of the molecule is Cc1ccc(N(C[C@](O)(c2nccn2-c2ccccc2)C(F)(F)F)c2ccc(Cl)cc2)cc1. The second-order valence-electron chi connectivity index (χ2n) is 7.71. The molecule has 1 heterocycles. The zero-order valence-corrected chi connectivity index (χ0v) is 18.4. The van der Waals surface area contributed by atoms with Crippen molar-refractivity contribution < 1.29 is 18.3 Å². The summed E-state index contributed by atoms with van der Waals surface area (Å²) in [6.45, 7) is 1.07. The van der Waals surface area contributed by atoms with E-state index in [1.807, 2.05) is 6.92 Å². The molecule has 0 aliphatic rings. The van der Waals surface area contributed by atoms with E-state index in [0.717, 1.165) is 5.56 Å². The summed E-state index contributed by atoms with van der Waals surface area (Å²) in [5.41, 5.74) is -0.926. The van der Waals surface area contributed by atoms with E-state index in [1.165, 1.54) is 21.9 Å². The summed E-state index contributed by atoms with van der Waals surface area (Å²) < 4.78 is 44.8. The summed E-state index contributed by atoms with van der Waals surface area (Å²) in [6, 6.07) is 21.9. The van der Waals surface area contributed by atoms with Crippen LogP contribution in [0.15, 0.2) is 91.3 Å². The third kappa shape index (κ3) is 4.60. The predicted octanol–water partition coefficient (Wildman–Crippen LogP) is 6.42. The van der Waals surface area contributed by atoms with Crippen LogP contribution in [0.2, 0.25) is 5.02 Å². The van der Waals surface area contributed by atoms with E-state index in [-0.39, 0.29) is 0 Å². The molecule has 4 nitrogen and oxygen atoms in total. The van der Waals surface area contributed by atoms with Crippen LogP contribution in [-0.4, -0.2) is 27.4 Å². The lowest BCUT2D eigenvalue weighted by Crippen LogP contribution is -2.51. The Labute approximate surface area is 194 Å². The summed E-state index contributed by atoms with van der Waals surface area (Å²) in [6.07, 6.45) is -2.36. The summed E-state index contributed by atoms with van der Waals surface area (Å²) in [7, 11) is 0. The van der Waals surface area contributed by atoms with Gasteiger partial charge in [-0.15, -0.1) is 0 Å². The van der Waals surface area contributed by atoms with Gasteiger partial charge in [0, 0.05) is 34.5 Å². The van der Waals surface area contributed by atoms with Crippen LogP contribution in [-0.2, 0) is 5.60 Å². The van der Waals surface area contributed by atoms with E-state index in [4.69, 9.17) is 11.6 Å². The Hall–Kier alpha value is -3.29. The van der Waals surface area contributed by atoms with E-state index in [0.29, 0.717) is 22.1 Å². The average Bonchev–Trinajstić information content (AvgIpc) is 3.29. The van der Waals surface area contributed by atoms with Crippen molar-refractivity contribution in [2.45, 2.75) is 18.7 Å². The van der Waals surface area contributed by atoms with Crippen molar-refractivity contribution in [3.63, 3.8) is 0 Å². The number of anilines is 2. The molecule has 0 spiro atoms. The van der Waals surface area contributed by atoms with Crippen molar-refractivity contribution in [2.24, 2.45) is 0 Å². The van der Waals surface area contributed by atoms with Crippen LogP contribution in [0.25, 0.3) is 5.69 Å². The molecule has 0 aliphatic carbocycles. The summed E-state index contributed by atoms with van der Waals surface area (Å²) in [4.78, 5) is 5.35. The molecule has 8 heteroatoms. The Kier molecular flexibility index (Phi) is 6.19. The molecule has 0 amide bonds. The van der Waals surface area contributed by atoms with Gasteiger partial charge in [0.1, 0.15) is 0 Å². The summed E-state index contributed by atoms with van der Waals surface area (Å²) >= 11 is 6.00. The Morgan fingerprint density at radius 1 is 0.909 bits per heavy atom. The molecule has 0 radical (unpaired) electrons. The lowest BCUT2D eigenvalue weighted by Gasteiger charge is -2.36. The first-order valence-corrected chi connectivity index (χ1v) is 10.5. The molecule has 1 atom stereocenters. The number of benzene rings is 3. The Bertz CT molecular complexity index is 1160. The number of aromatic nitrogens is 2. The fourth-order valence-electron chi connectivity index (χ4n) is 3.60. The zero-order chi connectivity index (χ0) is 23.6. The zero-order valence-electron chi connectivity index (χ0n) is 17.7. The molecule has 4 rings (SSSR count). The van der Waals surface area contributed by atoms with Gasteiger partial charge in [-0.2, -0.15) is 13.2 Å². The number of hydrogen-bond acceptors (Lipinski definition) is 3. The van der Waals surface area contributed by atoms with Crippen LogP contribution in [0.5, 0.6) is 0 Å². The minimum atomic E-state index is -5.01. The number of halogens is 4. The second-order valence-corrected chi connectivity index (χ2v) is 8.15.